The molecule has 2 saturated heterocycles. The summed E-state index contributed by atoms with van der Waals surface area (Å²) in [6, 6.07) is 4.74. The minimum Gasteiger partial charge on any atom is -0.472 e. The summed E-state index contributed by atoms with van der Waals surface area (Å²) in [7, 11) is 0. The highest BCUT2D eigenvalue weighted by atomic mass is 35.5. The zero-order chi connectivity index (χ0) is 17.3. The van der Waals surface area contributed by atoms with Crippen LogP contribution in [-0.2, 0) is 25.7 Å². The molecule has 9 heteroatoms. The first-order chi connectivity index (χ1) is 11.5. The predicted molar refractivity (Wildman–Crippen MR) is 81.8 cm³/mol. The van der Waals surface area contributed by atoms with Crippen LogP contribution in [-0.4, -0.2) is 39.8 Å². The van der Waals surface area contributed by atoms with Gasteiger partial charge >= 0.3 is 5.97 Å². The van der Waals surface area contributed by atoms with Crippen molar-refractivity contribution in [3.63, 3.8) is 0 Å². The Hall–Kier alpha value is -2.61. The van der Waals surface area contributed by atoms with Crippen LogP contribution in [0.15, 0.2) is 36.1 Å². The van der Waals surface area contributed by atoms with Crippen LogP contribution in [0.25, 0.3) is 0 Å². The second-order valence-electron chi connectivity index (χ2n) is 5.27. The van der Waals surface area contributed by atoms with Crippen LogP contribution in [0, 0.1) is 10.1 Å². The Kier molecular flexibility index (Phi) is 4.39. The first kappa shape index (κ1) is 16.3. The molecule has 2 fully saturated rings. The maximum atomic E-state index is 12.3. The minimum absolute atomic E-state index is 0.0457. The molecule has 0 aromatic heterocycles. The van der Waals surface area contributed by atoms with Crippen LogP contribution >= 0.6 is 11.6 Å². The summed E-state index contributed by atoms with van der Waals surface area (Å²) in [5.74, 6) is -0.346. The summed E-state index contributed by atoms with van der Waals surface area (Å²) in [6.07, 6.45) is 1.32. The van der Waals surface area contributed by atoms with E-state index in [1.807, 2.05) is 0 Å². The molecule has 1 unspecified atom stereocenters. The van der Waals surface area contributed by atoms with Crippen molar-refractivity contribution in [3.8, 4) is 0 Å². The summed E-state index contributed by atoms with van der Waals surface area (Å²) >= 11 is 5.65. The van der Waals surface area contributed by atoms with Crippen molar-refractivity contribution in [3.05, 3.63) is 51.8 Å². The molecule has 0 radical (unpaired) electrons. The molecule has 2 aliphatic heterocycles. The lowest BCUT2D eigenvalue weighted by Crippen LogP contribution is -2.55. The second-order valence-corrected chi connectivity index (χ2v) is 5.58. The van der Waals surface area contributed by atoms with E-state index in [0.717, 1.165) is 0 Å². The van der Waals surface area contributed by atoms with Gasteiger partial charge in [-0.05, 0) is 23.8 Å². The molecule has 3 rings (SSSR count). The number of alkyl halides is 1. The fourth-order valence-corrected chi connectivity index (χ4v) is 2.73. The summed E-state index contributed by atoms with van der Waals surface area (Å²) < 4.78 is 10.7. The molecular weight excluding hydrogens is 340 g/mol. The number of benzene rings is 1. The first-order valence-corrected chi connectivity index (χ1v) is 7.68. The van der Waals surface area contributed by atoms with Crippen molar-refractivity contribution < 1.29 is 24.0 Å². The van der Waals surface area contributed by atoms with E-state index in [4.69, 9.17) is 21.1 Å². The minimum atomic E-state index is -0.923. The number of allylic oxidation sites excluding steroid dienone is 1. The summed E-state index contributed by atoms with van der Waals surface area (Å²) in [5.41, 5.74) is 0.554. The number of fused-ring (bicyclic) bond motifs is 1. The Balaban J connectivity index is 1.66. The van der Waals surface area contributed by atoms with Gasteiger partial charge in [-0.1, -0.05) is 0 Å². The van der Waals surface area contributed by atoms with Crippen LogP contribution in [0.1, 0.15) is 12.0 Å². The van der Waals surface area contributed by atoms with Crippen molar-refractivity contribution in [2.75, 3.05) is 5.88 Å². The van der Waals surface area contributed by atoms with Gasteiger partial charge in [0.2, 0.25) is 5.91 Å². The first-order valence-electron chi connectivity index (χ1n) is 7.15. The van der Waals surface area contributed by atoms with Gasteiger partial charge in [-0.3, -0.25) is 19.8 Å². The third-order valence-electron chi connectivity index (χ3n) is 3.80. The van der Waals surface area contributed by atoms with Gasteiger partial charge in [-0.15, -0.1) is 11.6 Å². The standard InChI is InChI=1S/C15H13ClN2O6/c16-6-5-11-14(17-12(19)7-13(17)24-11)15(20)23-8-9-1-3-10(4-2-9)18(21)22/h1-5,13-14H,6-8H2/b11-5-/t13?,14-/m1/s1. The maximum Gasteiger partial charge on any atom is 0.337 e. The normalized spacial score (nSPS) is 23.5. The van der Waals surface area contributed by atoms with Gasteiger partial charge in [0.15, 0.2) is 12.3 Å². The van der Waals surface area contributed by atoms with E-state index in [-0.39, 0.29) is 30.5 Å². The molecule has 0 spiro atoms. The van der Waals surface area contributed by atoms with Crippen LogP contribution in [0.2, 0.25) is 0 Å². The molecule has 1 aromatic rings. The topological polar surface area (TPSA) is 99.0 Å². The molecule has 0 N–H and O–H groups in total. The number of nitrogens with zero attached hydrogens (tertiary/aromatic N) is 2. The third kappa shape index (κ3) is 2.92. The monoisotopic (exact) mass is 352 g/mol. The number of nitro groups is 1. The fourth-order valence-electron chi connectivity index (χ4n) is 2.58. The molecule has 2 aliphatic rings. The Bertz CT molecular complexity index is 717. The van der Waals surface area contributed by atoms with E-state index in [0.29, 0.717) is 11.3 Å². The molecule has 126 valence electrons. The number of ether oxygens (including phenoxy) is 2. The van der Waals surface area contributed by atoms with Crippen molar-refractivity contribution >= 4 is 29.2 Å². The number of hydrogen-bond donors (Lipinski definition) is 0. The van der Waals surface area contributed by atoms with Gasteiger partial charge in [0.25, 0.3) is 5.69 Å². The Morgan fingerprint density at radius 3 is 2.75 bits per heavy atom. The average Bonchev–Trinajstić information content (AvgIpc) is 2.85. The van der Waals surface area contributed by atoms with E-state index in [1.54, 1.807) is 0 Å². The Morgan fingerprint density at radius 2 is 2.17 bits per heavy atom. The molecule has 0 aliphatic carbocycles. The number of amides is 1. The second kappa shape index (κ2) is 6.48. The lowest BCUT2D eigenvalue weighted by molar-refractivity contribution is -0.384. The fraction of sp³-hybridized carbons (Fsp3) is 0.333. The number of esters is 1. The molecule has 8 nitrogen and oxygen atoms in total. The molecular formula is C15H13ClN2O6. The van der Waals surface area contributed by atoms with E-state index < -0.39 is 23.2 Å². The van der Waals surface area contributed by atoms with E-state index >= 15 is 0 Å². The molecule has 0 saturated carbocycles. The average molecular weight is 353 g/mol. The van der Waals surface area contributed by atoms with Crippen molar-refractivity contribution in [2.45, 2.75) is 25.3 Å². The summed E-state index contributed by atoms with van der Waals surface area (Å²) in [4.78, 5) is 35.4. The van der Waals surface area contributed by atoms with Crippen LogP contribution in [0.5, 0.6) is 0 Å². The Morgan fingerprint density at radius 1 is 1.46 bits per heavy atom. The number of non-ortho nitro benzene ring substituents is 1. The number of nitro benzene ring substituents is 1. The zero-order valence-corrected chi connectivity index (χ0v) is 13.1. The number of carbonyl (C=O) groups is 2. The van der Waals surface area contributed by atoms with Crippen LogP contribution in [0.4, 0.5) is 5.69 Å². The van der Waals surface area contributed by atoms with Crippen molar-refractivity contribution in [1.82, 2.24) is 4.90 Å². The van der Waals surface area contributed by atoms with Gasteiger partial charge < -0.3 is 9.47 Å². The maximum absolute atomic E-state index is 12.3. The van der Waals surface area contributed by atoms with Crippen molar-refractivity contribution in [1.29, 1.82) is 0 Å². The van der Waals surface area contributed by atoms with Gasteiger partial charge in [-0.2, -0.15) is 0 Å². The quantitative estimate of drug-likeness (QED) is 0.263. The SMILES string of the molecule is O=C(OCc1ccc([N+](=O)[O-])cc1)[C@H]1/C(=C/CCl)OC2CC(=O)N21. The van der Waals surface area contributed by atoms with E-state index in [9.17, 15) is 19.7 Å². The highest BCUT2D eigenvalue weighted by Gasteiger charge is 2.54. The highest BCUT2D eigenvalue weighted by Crippen LogP contribution is 2.36. The van der Waals surface area contributed by atoms with Gasteiger partial charge in [0.05, 0.1) is 11.3 Å². The smallest absolute Gasteiger partial charge is 0.337 e. The molecule has 1 aromatic carbocycles. The molecule has 1 amide bonds. The summed E-state index contributed by atoms with van der Waals surface area (Å²) in [5, 5.41) is 10.6. The summed E-state index contributed by atoms with van der Waals surface area (Å²) in [6.45, 7) is -0.0613. The third-order valence-corrected chi connectivity index (χ3v) is 3.95. The van der Waals surface area contributed by atoms with Gasteiger partial charge in [0.1, 0.15) is 12.4 Å². The predicted octanol–water partition coefficient (Wildman–Crippen LogP) is 1.72. The molecule has 0 bridgehead atoms. The number of carbonyl (C=O) groups excluding carboxylic acids is 2. The van der Waals surface area contributed by atoms with Crippen molar-refractivity contribution in [2.24, 2.45) is 0 Å². The van der Waals surface area contributed by atoms with E-state index in [2.05, 4.69) is 0 Å². The lowest BCUT2D eigenvalue weighted by atomic mass is 10.1. The lowest BCUT2D eigenvalue weighted by Gasteiger charge is -2.33. The number of hydrogen-bond acceptors (Lipinski definition) is 6. The number of β-lactam (4-membered cyclic amide) rings is 1. The largest absolute Gasteiger partial charge is 0.472 e. The van der Waals surface area contributed by atoms with E-state index in [1.165, 1.54) is 35.2 Å². The van der Waals surface area contributed by atoms with Gasteiger partial charge in [0, 0.05) is 18.0 Å². The molecule has 2 heterocycles. The molecule has 2 atom stereocenters. The number of halogens is 1. The molecule has 24 heavy (non-hydrogen) atoms. The Labute approximate surface area is 141 Å². The van der Waals surface area contributed by atoms with Gasteiger partial charge in [-0.25, -0.2) is 4.79 Å². The van der Waals surface area contributed by atoms with Crippen LogP contribution in [0.3, 0.4) is 0 Å². The van der Waals surface area contributed by atoms with Crippen LogP contribution < -0.4 is 0 Å². The zero-order valence-electron chi connectivity index (χ0n) is 12.4. The highest BCUT2D eigenvalue weighted by molar-refractivity contribution is 6.19. The number of rotatable bonds is 5.